The molecular weight excluding hydrogens is 294 g/mol. The van der Waals surface area contributed by atoms with Crippen LogP contribution in [0.25, 0.3) is 0 Å². The first-order valence-corrected chi connectivity index (χ1v) is 7.96. The monoisotopic (exact) mass is 315 g/mol. The van der Waals surface area contributed by atoms with Crippen LogP contribution in [0.15, 0.2) is 29.2 Å². The molecule has 0 atom stereocenters. The third kappa shape index (κ3) is 6.96. The molecule has 0 saturated carbocycles. The predicted octanol–water partition coefficient (Wildman–Crippen LogP) is 1.27. The van der Waals surface area contributed by atoms with Crippen molar-refractivity contribution in [3.05, 3.63) is 24.3 Å². The zero-order valence-corrected chi connectivity index (χ0v) is 13.2. The zero-order chi connectivity index (χ0) is 16.1. The molecule has 0 aliphatic heterocycles. The van der Waals surface area contributed by atoms with Crippen LogP contribution in [0.2, 0.25) is 0 Å². The van der Waals surface area contributed by atoms with Gasteiger partial charge in [0, 0.05) is 18.8 Å². The van der Waals surface area contributed by atoms with Crippen molar-refractivity contribution in [2.24, 2.45) is 5.14 Å². The second-order valence-corrected chi connectivity index (χ2v) is 6.99. The van der Waals surface area contributed by atoms with Gasteiger partial charge in [0.25, 0.3) is 0 Å². The lowest BCUT2D eigenvalue weighted by Crippen LogP contribution is -2.35. The lowest BCUT2D eigenvalue weighted by Gasteiger charge is -2.19. The van der Waals surface area contributed by atoms with E-state index in [1.54, 1.807) is 32.9 Å². The van der Waals surface area contributed by atoms with Gasteiger partial charge in [0.05, 0.1) is 4.90 Å². The maximum atomic E-state index is 11.4. The Morgan fingerprint density at radius 3 is 2.52 bits per heavy atom. The lowest BCUT2D eigenvalue weighted by atomic mass is 10.2. The first-order chi connectivity index (χ1) is 9.58. The van der Waals surface area contributed by atoms with Crippen molar-refractivity contribution in [3.8, 4) is 0 Å². The number of anilines is 1. The molecule has 118 valence electrons. The van der Waals surface area contributed by atoms with Gasteiger partial charge >= 0.3 is 6.09 Å². The van der Waals surface area contributed by atoms with E-state index in [2.05, 4.69) is 10.6 Å². The fourth-order valence-corrected chi connectivity index (χ4v) is 2.03. The topological polar surface area (TPSA) is 111 Å². The molecule has 0 saturated heterocycles. The summed E-state index contributed by atoms with van der Waals surface area (Å²) in [4.78, 5) is 11.4. The second-order valence-electron chi connectivity index (χ2n) is 5.43. The molecule has 1 aromatic rings. The van der Waals surface area contributed by atoms with Crippen molar-refractivity contribution in [1.29, 1.82) is 0 Å². The molecule has 1 rings (SSSR count). The number of nitrogens with two attached hydrogens (primary N) is 1. The maximum Gasteiger partial charge on any atom is 0.407 e. The summed E-state index contributed by atoms with van der Waals surface area (Å²) in [7, 11) is -3.72. The number of primary sulfonamides is 1. The molecule has 0 bridgehead atoms. The van der Waals surface area contributed by atoms with Crippen molar-refractivity contribution < 1.29 is 17.9 Å². The molecule has 0 spiro atoms. The first-order valence-electron chi connectivity index (χ1n) is 6.41. The molecule has 7 nitrogen and oxygen atoms in total. The van der Waals surface area contributed by atoms with E-state index >= 15 is 0 Å². The van der Waals surface area contributed by atoms with Gasteiger partial charge in [-0.2, -0.15) is 0 Å². The number of rotatable bonds is 5. The fourth-order valence-electron chi connectivity index (χ4n) is 1.47. The van der Waals surface area contributed by atoms with Crippen molar-refractivity contribution in [2.45, 2.75) is 31.3 Å². The normalized spacial score (nSPS) is 11.8. The molecule has 0 heterocycles. The molecule has 0 unspecified atom stereocenters. The Morgan fingerprint density at radius 1 is 1.29 bits per heavy atom. The number of nitrogens with one attached hydrogen (secondary N) is 2. The van der Waals surface area contributed by atoms with E-state index in [4.69, 9.17) is 9.88 Å². The standard InChI is InChI=1S/C13H21N3O4S/c1-13(2,3)20-12(17)16-8-7-15-10-5-4-6-11(9-10)21(14,18)19/h4-6,9,15H,7-8H2,1-3H3,(H,16,17)(H2,14,18,19). The van der Waals surface area contributed by atoms with E-state index in [1.807, 2.05) is 0 Å². The number of carbonyl (C=O) groups excluding carboxylic acids is 1. The van der Waals surface area contributed by atoms with Crippen LogP contribution in [0.3, 0.4) is 0 Å². The lowest BCUT2D eigenvalue weighted by molar-refractivity contribution is 0.0530. The summed E-state index contributed by atoms with van der Waals surface area (Å²) in [5.74, 6) is 0. The summed E-state index contributed by atoms with van der Waals surface area (Å²) in [5.41, 5.74) is 0.0638. The van der Waals surface area contributed by atoms with Gasteiger partial charge in [-0.25, -0.2) is 18.4 Å². The Kier molecular flexibility index (Phi) is 5.56. The molecule has 1 aromatic carbocycles. The number of hydrogen-bond donors (Lipinski definition) is 3. The number of alkyl carbamates (subject to hydrolysis) is 1. The van der Waals surface area contributed by atoms with Gasteiger partial charge in [0.1, 0.15) is 5.60 Å². The summed E-state index contributed by atoms with van der Waals surface area (Å²) < 4.78 is 27.5. The van der Waals surface area contributed by atoms with E-state index in [0.717, 1.165) is 0 Å². The third-order valence-corrected chi connectivity index (χ3v) is 3.20. The Morgan fingerprint density at radius 2 is 1.95 bits per heavy atom. The van der Waals surface area contributed by atoms with Crippen molar-refractivity contribution in [1.82, 2.24) is 5.32 Å². The summed E-state index contributed by atoms with van der Waals surface area (Å²) in [6.07, 6.45) is -0.498. The van der Waals surface area contributed by atoms with Crippen molar-refractivity contribution in [2.75, 3.05) is 18.4 Å². The minimum absolute atomic E-state index is 0.0348. The molecule has 0 aromatic heterocycles. The van der Waals surface area contributed by atoms with Gasteiger partial charge in [-0.05, 0) is 39.0 Å². The molecule has 0 aliphatic rings. The molecule has 0 aliphatic carbocycles. The number of sulfonamides is 1. The summed E-state index contributed by atoms with van der Waals surface area (Å²) in [5, 5.41) is 10.6. The molecule has 0 radical (unpaired) electrons. The average Bonchev–Trinajstić information content (AvgIpc) is 2.32. The first kappa shape index (κ1) is 17.3. The predicted molar refractivity (Wildman–Crippen MR) is 80.5 cm³/mol. The van der Waals surface area contributed by atoms with Crippen LogP contribution in [0.5, 0.6) is 0 Å². The quantitative estimate of drug-likeness (QED) is 0.709. The summed E-state index contributed by atoms with van der Waals surface area (Å²) in [6, 6.07) is 6.15. The van der Waals surface area contributed by atoms with Gasteiger partial charge < -0.3 is 15.4 Å². The Balaban J connectivity index is 2.42. The number of benzene rings is 1. The Hall–Kier alpha value is -1.80. The van der Waals surface area contributed by atoms with Gasteiger partial charge in [0.2, 0.25) is 10.0 Å². The summed E-state index contributed by atoms with van der Waals surface area (Å²) >= 11 is 0. The van der Waals surface area contributed by atoms with Crippen LogP contribution in [0, 0.1) is 0 Å². The summed E-state index contributed by atoms with van der Waals surface area (Å²) in [6.45, 7) is 6.11. The van der Waals surface area contributed by atoms with Crippen LogP contribution in [-0.4, -0.2) is 33.2 Å². The van der Waals surface area contributed by atoms with Gasteiger partial charge in [0.15, 0.2) is 0 Å². The Bertz CT molecular complexity index is 594. The van der Waals surface area contributed by atoms with Gasteiger partial charge in [-0.15, -0.1) is 0 Å². The SMILES string of the molecule is CC(C)(C)OC(=O)NCCNc1cccc(S(N)(=O)=O)c1. The number of hydrogen-bond acceptors (Lipinski definition) is 5. The average molecular weight is 315 g/mol. The van der Waals surface area contributed by atoms with Crippen LogP contribution >= 0.6 is 0 Å². The van der Waals surface area contributed by atoms with E-state index in [9.17, 15) is 13.2 Å². The minimum atomic E-state index is -3.72. The maximum absolute atomic E-state index is 11.4. The van der Waals surface area contributed by atoms with Crippen molar-refractivity contribution >= 4 is 21.8 Å². The molecule has 21 heavy (non-hydrogen) atoms. The third-order valence-electron chi connectivity index (χ3n) is 2.28. The van der Waals surface area contributed by atoms with E-state index in [-0.39, 0.29) is 4.90 Å². The van der Waals surface area contributed by atoms with Crippen LogP contribution in [0.4, 0.5) is 10.5 Å². The minimum Gasteiger partial charge on any atom is -0.444 e. The molecule has 1 amide bonds. The van der Waals surface area contributed by atoms with Crippen LogP contribution in [0.1, 0.15) is 20.8 Å². The highest BCUT2D eigenvalue weighted by Crippen LogP contribution is 2.13. The molecule has 8 heteroatoms. The number of carbonyl (C=O) groups is 1. The highest BCUT2D eigenvalue weighted by atomic mass is 32.2. The number of ether oxygens (including phenoxy) is 1. The van der Waals surface area contributed by atoms with E-state index in [1.165, 1.54) is 12.1 Å². The Labute approximate surface area is 124 Å². The fraction of sp³-hybridized carbons (Fsp3) is 0.462. The van der Waals surface area contributed by atoms with Gasteiger partial charge in [-0.3, -0.25) is 0 Å². The second kappa shape index (κ2) is 6.77. The van der Waals surface area contributed by atoms with Gasteiger partial charge in [-0.1, -0.05) is 6.07 Å². The largest absolute Gasteiger partial charge is 0.444 e. The van der Waals surface area contributed by atoms with Crippen molar-refractivity contribution in [3.63, 3.8) is 0 Å². The molecular formula is C13H21N3O4S. The smallest absolute Gasteiger partial charge is 0.407 e. The van der Waals surface area contributed by atoms with Crippen LogP contribution in [-0.2, 0) is 14.8 Å². The van der Waals surface area contributed by atoms with Crippen LogP contribution < -0.4 is 15.8 Å². The highest BCUT2D eigenvalue weighted by molar-refractivity contribution is 7.89. The number of amides is 1. The zero-order valence-electron chi connectivity index (χ0n) is 12.3. The molecule has 4 N–H and O–H groups in total. The van der Waals surface area contributed by atoms with E-state index in [0.29, 0.717) is 18.8 Å². The van der Waals surface area contributed by atoms with E-state index < -0.39 is 21.7 Å². The molecule has 0 fully saturated rings. The highest BCUT2D eigenvalue weighted by Gasteiger charge is 2.15.